The van der Waals surface area contributed by atoms with Gasteiger partial charge in [-0.05, 0) is 83.5 Å². The predicted molar refractivity (Wildman–Crippen MR) is 279 cm³/mol. The van der Waals surface area contributed by atoms with Gasteiger partial charge in [-0.3, -0.25) is 4.79 Å². The van der Waals surface area contributed by atoms with Crippen LogP contribution < -0.4 is 0 Å². The first kappa shape index (κ1) is 64.0. The van der Waals surface area contributed by atoms with Crippen molar-refractivity contribution < 1.29 is 69.0 Å². The zero-order chi connectivity index (χ0) is 51.6. The Kier molecular flexibility index (Phi) is 39.1. The van der Waals surface area contributed by atoms with Gasteiger partial charge in [-0.1, -0.05) is 162 Å². The molecule has 71 heavy (non-hydrogen) atoms. The van der Waals surface area contributed by atoms with E-state index in [4.69, 9.17) is 28.4 Å². The van der Waals surface area contributed by atoms with Crippen LogP contribution in [-0.4, -0.2) is 142 Å². The summed E-state index contributed by atoms with van der Waals surface area (Å²) in [5.41, 5.74) is 0. The Bertz CT molecular complexity index is 1540. The summed E-state index contributed by atoms with van der Waals surface area (Å²) in [6.45, 7) is 3.29. The van der Waals surface area contributed by atoms with Gasteiger partial charge < -0.3 is 64.2 Å². The van der Waals surface area contributed by atoms with Crippen molar-refractivity contribution in [1.82, 2.24) is 0 Å². The number of hydrogen-bond acceptors (Lipinski definition) is 14. The van der Waals surface area contributed by atoms with Gasteiger partial charge in [0.15, 0.2) is 12.6 Å². The summed E-state index contributed by atoms with van der Waals surface area (Å²) in [7, 11) is 0. The summed E-state index contributed by atoms with van der Waals surface area (Å²) in [4.78, 5) is 13.0. The van der Waals surface area contributed by atoms with Gasteiger partial charge >= 0.3 is 5.97 Å². The summed E-state index contributed by atoms with van der Waals surface area (Å²) < 4.78 is 34.2. The number of esters is 1. The van der Waals surface area contributed by atoms with Crippen molar-refractivity contribution in [2.24, 2.45) is 0 Å². The summed E-state index contributed by atoms with van der Waals surface area (Å²) in [5, 5.41) is 72.2. The monoisotopic (exact) mass is 1000 g/mol. The molecule has 0 bridgehead atoms. The molecule has 2 heterocycles. The van der Waals surface area contributed by atoms with Crippen molar-refractivity contribution in [3.63, 3.8) is 0 Å². The molecule has 14 nitrogen and oxygen atoms in total. The number of hydrogen-bond donors (Lipinski definition) is 7. The molecule has 0 aromatic rings. The molecule has 0 aliphatic carbocycles. The average Bonchev–Trinajstić information content (AvgIpc) is 3.37. The Morgan fingerprint density at radius 2 is 0.915 bits per heavy atom. The maximum atomic E-state index is 13.0. The highest BCUT2D eigenvalue weighted by Crippen LogP contribution is 2.26. The number of carbonyl (C=O) groups excluding carboxylic acids is 1. The molecule has 0 radical (unpaired) electrons. The molecule has 0 amide bonds. The molecule has 0 aromatic carbocycles. The molecule has 0 spiro atoms. The Morgan fingerprint density at radius 3 is 1.44 bits per heavy atom. The highest BCUT2D eigenvalue weighted by Gasteiger charge is 2.47. The van der Waals surface area contributed by atoms with Crippen LogP contribution in [0.3, 0.4) is 0 Å². The molecule has 2 aliphatic rings. The fourth-order valence-electron chi connectivity index (χ4n) is 7.77. The number of carbonyl (C=O) groups is 1. The van der Waals surface area contributed by atoms with Crippen molar-refractivity contribution in [3.8, 4) is 0 Å². The molecule has 406 valence electrons. The topological polar surface area (TPSA) is 214 Å². The fraction of sp³-hybridized carbons (Fsp3) is 0.702. The van der Waals surface area contributed by atoms with Crippen LogP contribution in [0.5, 0.6) is 0 Å². The Labute approximate surface area is 426 Å². The van der Waals surface area contributed by atoms with Gasteiger partial charge in [0, 0.05) is 6.42 Å². The Balaban J connectivity index is 1.79. The third-order valence-electron chi connectivity index (χ3n) is 12.1. The van der Waals surface area contributed by atoms with Gasteiger partial charge in [-0.15, -0.1) is 0 Å². The van der Waals surface area contributed by atoms with E-state index in [9.17, 15) is 40.5 Å². The molecular weight excluding hydrogens is 909 g/mol. The molecule has 2 aliphatic heterocycles. The van der Waals surface area contributed by atoms with E-state index in [0.717, 1.165) is 83.5 Å². The number of unbranched alkanes of at least 4 members (excludes halogenated alkanes) is 11. The number of rotatable bonds is 41. The lowest BCUT2D eigenvalue weighted by molar-refractivity contribution is -0.332. The molecular formula is C57H94O14. The van der Waals surface area contributed by atoms with Gasteiger partial charge in [0.2, 0.25) is 0 Å². The number of allylic oxidation sites excluding steroid dienone is 15. The van der Waals surface area contributed by atoms with Crippen LogP contribution in [0.2, 0.25) is 0 Å². The van der Waals surface area contributed by atoms with Crippen molar-refractivity contribution in [2.45, 2.75) is 223 Å². The van der Waals surface area contributed by atoms with E-state index in [1.165, 1.54) is 38.5 Å². The van der Waals surface area contributed by atoms with Crippen LogP contribution >= 0.6 is 0 Å². The molecule has 2 rings (SSSR count). The second kappa shape index (κ2) is 43.3. The van der Waals surface area contributed by atoms with Gasteiger partial charge in [0.1, 0.15) is 54.9 Å². The van der Waals surface area contributed by atoms with Crippen LogP contribution in [0, 0.1) is 0 Å². The zero-order valence-electron chi connectivity index (χ0n) is 43.2. The van der Waals surface area contributed by atoms with Crippen LogP contribution in [0.15, 0.2) is 97.2 Å². The fourth-order valence-corrected chi connectivity index (χ4v) is 7.77. The molecule has 0 aromatic heterocycles. The lowest BCUT2D eigenvalue weighted by Crippen LogP contribution is -2.61. The minimum atomic E-state index is -1.73. The van der Waals surface area contributed by atoms with E-state index in [0.29, 0.717) is 19.4 Å². The van der Waals surface area contributed by atoms with Crippen LogP contribution in [0.4, 0.5) is 0 Å². The second-order valence-corrected chi connectivity index (χ2v) is 18.3. The molecule has 14 heteroatoms. The maximum absolute atomic E-state index is 13.0. The van der Waals surface area contributed by atoms with Crippen molar-refractivity contribution in [3.05, 3.63) is 97.2 Å². The van der Waals surface area contributed by atoms with Crippen molar-refractivity contribution in [2.75, 3.05) is 33.0 Å². The normalized spacial score (nSPS) is 26.1. The molecule has 7 N–H and O–H groups in total. The smallest absolute Gasteiger partial charge is 0.306 e. The Morgan fingerprint density at radius 1 is 0.479 bits per heavy atom. The third-order valence-corrected chi connectivity index (χ3v) is 12.1. The number of aliphatic hydroxyl groups excluding tert-OH is 7. The molecule has 0 saturated carbocycles. The van der Waals surface area contributed by atoms with E-state index in [1.807, 2.05) is 6.08 Å². The van der Waals surface area contributed by atoms with Gasteiger partial charge in [-0.25, -0.2) is 0 Å². The lowest BCUT2D eigenvalue weighted by Gasteiger charge is -2.42. The van der Waals surface area contributed by atoms with Crippen LogP contribution in [0.1, 0.15) is 155 Å². The quantitative estimate of drug-likeness (QED) is 0.0174. The molecule has 2 saturated heterocycles. The zero-order valence-corrected chi connectivity index (χ0v) is 43.2. The first-order valence-electron chi connectivity index (χ1n) is 26.8. The van der Waals surface area contributed by atoms with E-state index in [-0.39, 0.29) is 19.6 Å². The second-order valence-electron chi connectivity index (χ2n) is 18.3. The van der Waals surface area contributed by atoms with E-state index >= 15 is 0 Å². The molecule has 11 atom stereocenters. The van der Waals surface area contributed by atoms with Gasteiger partial charge in [-0.2, -0.15) is 0 Å². The first-order valence-corrected chi connectivity index (χ1v) is 26.8. The Hall–Kier alpha value is -3.09. The summed E-state index contributed by atoms with van der Waals surface area (Å²) in [6, 6.07) is 0. The SMILES string of the molecule is CC/C=C\C/C=C\C/C=C\C/C=C\C/C=C\CCOCC(COC1OC(COC2OC(CO)C(O)C(O)C2O)C(O)C(O)C1O)OC(=O)CCCCCCCC/C=C\C/C=C\C/C=C\CCCCCCC. The van der Waals surface area contributed by atoms with E-state index in [1.54, 1.807) is 0 Å². The molecule has 2 fully saturated rings. The minimum absolute atomic E-state index is 0.00449. The average molecular weight is 1000 g/mol. The third kappa shape index (κ3) is 30.6. The highest BCUT2D eigenvalue weighted by atomic mass is 16.7. The van der Waals surface area contributed by atoms with E-state index < -0.39 is 86.7 Å². The summed E-state index contributed by atoms with van der Waals surface area (Å²) in [5.74, 6) is -0.417. The van der Waals surface area contributed by atoms with Crippen LogP contribution in [0.25, 0.3) is 0 Å². The minimum Gasteiger partial charge on any atom is -0.457 e. The standard InChI is InChI=1S/C57H94O14/c1-3-5-7-9-11-13-15-17-19-21-22-23-24-25-26-28-30-32-34-36-38-40-49(59)69-46(43-66-41-39-37-35-33-31-29-27-20-18-16-14-12-10-8-6-4-2)44-67-56-55(65)53(63)51(61)48(71-56)45-68-57-54(64)52(62)50(60)47(42-58)70-57/h6,8,12,14-15,17-18,20-22,24-25,29,31,35,37,46-48,50-58,60-65H,3-5,7,9-11,13,16,19,23,26-28,30,32-34,36,38-45H2,1-2H3/b8-6-,14-12-,17-15-,20-18-,22-21-,25-24-,31-29-,37-35-. The predicted octanol–water partition coefficient (Wildman–Crippen LogP) is 8.63. The number of aliphatic hydroxyl groups is 7. The first-order chi connectivity index (χ1) is 34.6. The highest BCUT2D eigenvalue weighted by molar-refractivity contribution is 5.69. The largest absolute Gasteiger partial charge is 0.457 e. The lowest BCUT2D eigenvalue weighted by atomic mass is 9.98. The summed E-state index contributed by atoms with van der Waals surface area (Å²) >= 11 is 0. The van der Waals surface area contributed by atoms with Crippen LogP contribution in [-0.2, 0) is 33.2 Å². The van der Waals surface area contributed by atoms with Crippen molar-refractivity contribution in [1.29, 1.82) is 0 Å². The molecule has 11 unspecified atom stereocenters. The van der Waals surface area contributed by atoms with Crippen molar-refractivity contribution >= 4 is 5.97 Å². The number of ether oxygens (including phenoxy) is 6. The maximum Gasteiger partial charge on any atom is 0.306 e. The van der Waals surface area contributed by atoms with Gasteiger partial charge in [0.05, 0.1) is 33.0 Å². The van der Waals surface area contributed by atoms with E-state index in [2.05, 4.69) is 105 Å². The van der Waals surface area contributed by atoms with Gasteiger partial charge in [0.25, 0.3) is 0 Å². The summed E-state index contributed by atoms with van der Waals surface area (Å²) in [6.07, 6.45) is 40.6.